The maximum atomic E-state index is 6.08. The van der Waals surface area contributed by atoms with E-state index in [0.29, 0.717) is 12.0 Å². The van der Waals surface area contributed by atoms with Crippen LogP contribution in [0.3, 0.4) is 0 Å². The molecule has 1 saturated heterocycles. The van der Waals surface area contributed by atoms with Crippen molar-refractivity contribution in [1.29, 1.82) is 0 Å². The third-order valence-electron chi connectivity index (χ3n) is 4.48. The van der Waals surface area contributed by atoms with E-state index in [0.717, 1.165) is 30.4 Å². The van der Waals surface area contributed by atoms with Crippen LogP contribution < -0.4 is 4.74 Å². The lowest BCUT2D eigenvalue weighted by molar-refractivity contribution is -0.202. The zero-order chi connectivity index (χ0) is 16.7. The molecule has 1 saturated carbocycles. The lowest BCUT2D eigenvalue weighted by Gasteiger charge is -2.28. The Labute approximate surface area is 141 Å². The van der Waals surface area contributed by atoms with Crippen molar-refractivity contribution in [2.24, 2.45) is 11.8 Å². The fourth-order valence-electron chi connectivity index (χ4n) is 3.04. The van der Waals surface area contributed by atoms with Crippen molar-refractivity contribution in [2.45, 2.75) is 65.8 Å². The fraction of sp³-hybridized carbons (Fsp3) is 0.700. The number of rotatable bonds is 3. The van der Waals surface area contributed by atoms with E-state index in [4.69, 9.17) is 14.2 Å². The highest BCUT2D eigenvalue weighted by Crippen LogP contribution is 2.29. The van der Waals surface area contributed by atoms with Crippen LogP contribution in [0.5, 0.6) is 5.75 Å². The predicted octanol–water partition coefficient (Wildman–Crippen LogP) is 5.35. The molecule has 0 spiro atoms. The highest BCUT2D eigenvalue weighted by Gasteiger charge is 2.22. The van der Waals surface area contributed by atoms with Crippen molar-refractivity contribution in [3.8, 4) is 5.75 Å². The molecule has 0 radical (unpaired) electrons. The second kappa shape index (κ2) is 9.29. The molecular formula is C20H32O3. The maximum Gasteiger partial charge on any atom is 0.183 e. The molecule has 2 aliphatic rings. The first-order valence-corrected chi connectivity index (χ1v) is 9.20. The number of benzene rings is 1. The Kier molecular flexibility index (Phi) is 7.38. The third kappa shape index (κ3) is 5.50. The summed E-state index contributed by atoms with van der Waals surface area (Å²) in [5.74, 6) is 2.30. The summed E-state index contributed by atoms with van der Waals surface area (Å²) in [6.07, 6.45) is 5.08. The van der Waals surface area contributed by atoms with Crippen LogP contribution in [0.25, 0.3) is 0 Å². The van der Waals surface area contributed by atoms with E-state index in [1.54, 1.807) is 0 Å². The van der Waals surface area contributed by atoms with Crippen molar-refractivity contribution < 1.29 is 14.2 Å². The highest BCUT2D eigenvalue weighted by atomic mass is 16.7. The average molecular weight is 320 g/mol. The molecule has 23 heavy (non-hydrogen) atoms. The minimum Gasteiger partial charge on any atom is -0.490 e. The molecule has 0 N–H and O–H groups in total. The van der Waals surface area contributed by atoms with Gasteiger partial charge in [0, 0.05) is 11.5 Å². The van der Waals surface area contributed by atoms with Crippen molar-refractivity contribution in [3.63, 3.8) is 0 Å². The van der Waals surface area contributed by atoms with Gasteiger partial charge in [-0.25, -0.2) is 0 Å². The van der Waals surface area contributed by atoms with Crippen molar-refractivity contribution in [1.82, 2.24) is 0 Å². The van der Waals surface area contributed by atoms with Gasteiger partial charge in [0.15, 0.2) is 6.29 Å². The Balaban J connectivity index is 0.000000924. The smallest absolute Gasteiger partial charge is 0.183 e. The first-order valence-electron chi connectivity index (χ1n) is 9.20. The molecule has 0 aromatic heterocycles. The Hall–Kier alpha value is -1.06. The van der Waals surface area contributed by atoms with Gasteiger partial charge < -0.3 is 14.2 Å². The number of ether oxygens (including phenoxy) is 3. The first-order chi connectivity index (χ1) is 11.2. The summed E-state index contributed by atoms with van der Waals surface area (Å²) in [6.45, 7) is 10.0. The van der Waals surface area contributed by atoms with Crippen LogP contribution >= 0.6 is 0 Å². The van der Waals surface area contributed by atoms with E-state index in [2.05, 4.69) is 26.0 Å². The molecule has 3 rings (SSSR count). The zero-order valence-corrected chi connectivity index (χ0v) is 15.1. The molecule has 0 atom stereocenters. The SMILES string of the molecule is CC.CC1CCC(Oc2ccc(C3OCC(C)CO3)cc2)CC1. The van der Waals surface area contributed by atoms with Gasteiger partial charge >= 0.3 is 0 Å². The van der Waals surface area contributed by atoms with E-state index < -0.39 is 0 Å². The molecule has 1 aromatic carbocycles. The fourth-order valence-corrected chi connectivity index (χ4v) is 3.04. The molecule has 0 unspecified atom stereocenters. The largest absolute Gasteiger partial charge is 0.490 e. The Morgan fingerprint density at radius 3 is 1.96 bits per heavy atom. The standard InChI is InChI=1S/C18H26O3.C2H6/c1-13-3-7-16(8-4-13)21-17-9-5-15(6-10-17)18-19-11-14(2)12-20-18;1-2/h5-6,9-10,13-14,16,18H,3-4,7-8,11-12H2,1-2H3;1-2H3. The van der Waals surface area contributed by atoms with Gasteiger partial charge in [-0.15, -0.1) is 0 Å². The Bertz CT molecular complexity index is 427. The molecule has 3 heteroatoms. The van der Waals surface area contributed by atoms with Gasteiger partial charge in [-0.1, -0.05) is 39.8 Å². The van der Waals surface area contributed by atoms with Crippen molar-refractivity contribution in [3.05, 3.63) is 29.8 Å². The molecule has 2 fully saturated rings. The van der Waals surface area contributed by atoms with Crippen molar-refractivity contribution >= 4 is 0 Å². The van der Waals surface area contributed by atoms with Gasteiger partial charge in [-0.2, -0.15) is 0 Å². The van der Waals surface area contributed by atoms with E-state index in [9.17, 15) is 0 Å². The Morgan fingerprint density at radius 2 is 1.39 bits per heavy atom. The molecule has 1 aliphatic heterocycles. The van der Waals surface area contributed by atoms with Crippen LogP contribution in [-0.4, -0.2) is 19.3 Å². The summed E-state index contributed by atoms with van der Waals surface area (Å²) in [5, 5.41) is 0. The molecule has 1 heterocycles. The summed E-state index contributed by atoms with van der Waals surface area (Å²) < 4.78 is 17.5. The average Bonchev–Trinajstić information content (AvgIpc) is 2.60. The molecular weight excluding hydrogens is 288 g/mol. The van der Waals surface area contributed by atoms with Gasteiger partial charge in [-0.05, 0) is 43.7 Å². The second-order valence-electron chi connectivity index (χ2n) is 6.67. The van der Waals surface area contributed by atoms with E-state index in [1.807, 2.05) is 26.0 Å². The Morgan fingerprint density at radius 1 is 0.826 bits per heavy atom. The third-order valence-corrected chi connectivity index (χ3v) is 4.48. The van der Waals surface area contributed by atoms with Gasteiger partial charge in [0.05, 0.1) is 19.3 Å². The van der Waals surface area contributed by atoms with Crippen molar-refractivity contribution in [2.75, 3.05) is 13.2 Å². The minimum absolute atomic E-state index is 0.217. The monoisotopic (exact) mass is 320 g/mol. The summed E-state index contributed by atoms with van der Waals surface area (Å²) in [4.78, 5) is 0. The van der Waals surface area contributed by atoms with Gasteiger partial charge in [0.25, 0.3) is 0 Å². The lowest BCUT2D eigenvalue weighted by Crippen LogP contribution is -2.25. The van der Waals surface area contributed by atoms with Gasteiger partial charge in [0.2, 0.25) is 0 Å². The second-order valence-corrected chi connectivity index (χ2v) is 6.67. The highest BCUT2D eigenvalue weighted by molar-refractivity contribution is 5.28. The maximum absolute atomic E-state index is 6.08. The summed E-state index contributed by atoms with van der Waals surface area (Å²) >= 11 is 0. The van der Waals surface area contributed by atoms with Gasteiger partial charge in [0.1, 0.15) is 5.75 Å². The summed E-state index contributed by atoms with van der Waals surface area (Å²) in [6, 6.07) is 8.19. The molecule has 130 valence electrons. The van der Waals surface area contributed by atoms with E-state index in [1.165, 1.54) is 25.7 Å². The van der Waals surface area contributed by atoms with Crippen LogP contribution in [0.15, 0.2) is 24.3 Å². The summed E-state index contributed by atoms with van der Waals surface area (Å²) in [7, 11) is 0. The van der Waals surface area contributed by atoms with Crippen LogP contribution in [0.1, 0.15) is 65.2 Å². The molecule has 3 nitrogen and oxygen atoms in total. The van der Waals surface area contributed by atoms with Crippen LogP contribution in [0, 0.1) is 11.8 Å². The normalized spacial score (nSPS) is 31.0. The number of hydrogen-bond acceptors (Lipinski definition) is 3. The molecule has 0 amide bonds. The quantitative estimate of drug-likeness (QED) is 0.751. The predicted molar refractivity (Wildman–Crippen MR) is 93.6 cm³/mol. The van der Waals surface area contributed by atoms with Crippen LogP contribution in [0.2, 0.25) is 0 Å². The first kappa shape index (κ1) is 18.3. The topological polar surface area (TPSA) is 27.7 Å². The lowest BCUT2D eigenvalue weighted by atomic mass is 9.89. The molecule has 1 aliphatic carbocycles. The minimum atomic E-state index is -0.217. The van der Waals surface area contributed by atoms with Crippen LogP contribution in [0.4, 0.5) is 0 Å². The summed E-state index contributed by atoms with van der Waals surface area (Å²) in [5.41, 5.74) is 1.08. The van der Waals surface area contributed by atoms with E-state index >= 15 is 0 Å². The van der Waals surface area contributed by atoms with E-state index in [-0.39, 0.29) is 6.29 Å². The van der Waals surface area contributed by atoms with Crippen LogP contribution in [-0.2, 0) is 9.47 Å². The zero-order valence-electron chi connectivity index (χ0n) is 15.1. The number of hydrogen-bond donors (Lipinski definition) is 0. The van der Waals surface area contributed by atoms with Gasteiger partial charge in [-0.3, -0.25) is 0 Å². The molecule has 0 bridgehead atoms. The molecule has 1 aromatic rings.